The van der Waals surface area contributed by atoms with Gasteiger partial charge in [0.2, 0.25) is 0 Å². The minimum absolute atomic E-state index is 0.0132. The van der Waals surface area contributed by atoms with Gasteiger partial charge in [-0.1, -0.05) is 66.2 Å². The lowest BCUT2D eigenvalue weighted by atomic mass is 9.99. The number of benzene rings is 2. The summed E-state index contributed by atoms with van der Waals surface area (Å²) in [4.78, 5) is 12.3. The SMILES string of the molecule is Cc1ccc(-n2c(S[C@@H]3CCCCC3=O)nnc2-c2ccccc2)cc1. The van der Waals surface area contributed by atoms with E-state index in [1.807, 2.05) is 30.3 Å². The molecule has 3 aromatic rings. The van der Waals surface area contributed by atoms with E-state index < -0.39 is 0 Å². The summed E-state index contributed by atoms with van der Waals surface area (Å²) in [6, 6.07) is 18.4. The molecule has 0 bridgehead atoms. The Kier molecular flexibility index (Phi) is 4.89. The average Bonchev–Trinajstić information content (AvgIpc) is 3.09. The van der Waals surface area contributed by atoms with Crippen molar-refractivity contribution in [2.45, 2.75) is 43.0 Å². The zero-order chi connectivity index (χ0) is 17.9. The van der Waals surface area contributed by atoms with Crippen molar-refractivity contribution in [1.29, 1.82) is 0 Å². The Balaban J connectivity index is 1.77. The van der Waals surface area contributed by atoms with Crippen LogP contribution in [0.1, 0.15) is 31.2 Å². The maximum absolute atomic E-state index is 12.3. The first-order chi connectivity index (χ1) is 12.7. The fraction of sp³-hybridized carbons (Fsp3) is 0.286. The number of carbonyl (C=O) groups is 1. The molecule has 0 spiro atoms. The largest absolute Gasteiger partial charge is 0.298 e. The predicted octanol–water partition coefficient (Wildman–Crippen LogP) is 4.85. The molecule has 4 nitrogen and oxygen atoms in total. The molecule has 1 aromatic heterocycles. The van der Waals surface area contributed by atoms with Crippen molar-refractivity contribution in [1.82, 2.24) is 14.8 Å². The van der Waals surface area contributed by atoms with Crippen LogP contribution >= 0.6 is 11.8 Å². The second kappa shape index (κ2) is 7.46. The van der Waals surface area contributed by atoms with E-state index in [0.29, 0.717) is 12.2 Å². The van der Waals surface area contributed by atoms with E-state index in [0.717, 1.165) is 41.5 Å². The Hall–Kier alpha value is -2.40. The third-order valence-electron chi connectivity index (χ3n) is 4.70. The molecule has 0 saturated heterocycles. The molecule has 2 aromatic carbocycles. The second-order valence-corrected chi connectivity index (χ2v) is 7.83. The van der Waals surface area contributed by atoms with E-state index >= 15 is 0 Å². The minimum atomic E-state index is -0.0132. The zero-order valence-electron chi connectivity index (χ0n) is 14.8. The van der Waals surface area contributed by atoms with Crippen LogP contribution in [-0.2, 0) is 4.79 Å². The highest BCUT2D eigenvalue weighted by Crippen LogP contribution is 2.34. The first kappa shape index (κ1) is 17.0. The van der Waals surface area contributed by atoms with Crippen LogP contribution in [0.5, 0.6) is 0 Å². The molecule has 1 atom stereocenters. The fourth-order valence-electron chi connectivity index (χ4n) is 3.25. The van der Waals surface area contributed by atoms with E-state index in [4.69, 9.17) is 0 Å². The zero-order valence-corrected chi connectivity index (χ0v) is 15.6. The molecular weight excluding hydrogens is 342 g/mol. The Morgan fingerprint density at radius 3 is 2.50 bits per heavy atom. The Bertz CT molecular complexity index is 903. The van der Waals surface area contributed by atoms with Gasteiger partial charge in [0, 0.05) is 17.7 Å². The molecule has 1 fully saturated rings. The number of aryl methyl sites for hydroxylation is 1. The summed E-state index contributed by atoms with van der Waals surface area (Å²) < 4.78 is 2.07. The topological polar surface area (TPSA) is 47.8 Å². The monoisotopic (exact) mass is 363 g/mol. The van der Waals surface area contributed by atoms with Gasteiger partial charge in [0.05, 0.1) is 5.25 Å². The van der Waals surface area contributed by atoms with Crippen molar-refractivity contribution < 1.29 is 4.79 Å². The molecule has 0 radical (unpaired) electrons. The third-order valence-corrected chi connectivity index (χ3v) is 5.96. The fourth-order valence-corrected chi connectivity index (χ4v) is 4.42. The first-order valence-electron chi connectivity index (χ1n) is 8.99. The molecule has 1 aliphatic carbocycles. The van der Waals surface area contributed by atoms with Crippen LogP contribution in [0.3, 0.4) is 0 Å². The minimum Gasteiger partial charge on any atom is -0.298 e. The summed E-state index contributed by atoms with van der Waals surface area (Å²) in [5, 5.41) is 9.67. The van der Waals surface area contributed by atoms with Crippen molar-refractivity contribution in [2.75, 3.05) is 0 Å². The van der Waals surface area contributed by atoms with E-state index in [1.54, 1.807) is 11.8 Å². The molecule has 0 unspecified atom stereocenters. The standard InChI is InChI=1S/C21H21N3OS/c1-15-11-13-17(14-12-15)24-20(16-7-3-2-4-8-16)22-23-21(24)26-19-10-6-5-9-18(19)25/h2-4,7-8,11-14,19H,5-6,9-10H2,1H3/t19-/m1/s1. The van der Waals surface area contributed by atoms with E-state index in [9.17, 15) is 4.79 Å². The van der Waals surface area contributed by atoms with Crippen LogP contribution in [0.4, 0.5) is 0 Å². The lowest BCUT2D eigenvalue weighted by Crippen LogP contribution is -2.21. The van der Waals surface area contributed by atoms with Crippen LogP contribution in [-0.4, -0.2) is 25.8 Å². The molecule has 0 aliphatic heterocycles. The second-order valence-electron chi connectivity index (χ2n) is 6.66. The number of aromatic nitrogens is 3. The van der Waals surface area contributed by atoms with Gasteiger partial charge in [-0.3, -0.25) is 9.36 Å². The van der Waals surface area contributed by atoms with Crippen LogP contribution < -0.4 is 0 Å². The van der Waals surface area contributed by atoms with Crippen molar-refractivity contribution >= 4 is 17.5 Å². The highest BCUT2D eigenvalue weighted by atomic mass is 32.2. The molecule has 1 saturated carbocycles. The molecule has 0 N–H and O–H groups in total. The molecule has 1 heterocycles. The summed E-state index contributed by atoms with van der Waals surface area (Å²) in [6.45, 7) is 2.07. The number of rotatable bonds is 4. The summed E-state index contributed by atoms with van der Waals surface area (Å²) >= 11 is 1.55. The smallest absolute Gasteiger partial charge is 0.196 e. The average molecular weight is 363 g/mol. The number of hydrogen-bond acceptors (Lipinski definition) is 4. The van der Waals surface area contributed by atoms with Gasteiger partial charge in [-0.15, -0.1) is 10.2 Å². The molecule has 1 aliphatic rings. The lowest BCUT2D eigenvalue weighted by molar-refractivity contribution is -0.119. The van der Waals surface area contributed by atoms with Crippen molar-refractivity contribution in [2.24, 2.45) is 0 Å². The van der Waals surface area contributed by atoms with Crippen LogP contribution in [0, 0.1) is 6.92 Å². The summed E-state index contributed by atoms with van der Waals surface area (Å²) in [6.07, 6.45) is 3.72. The third kappa shape index (κ3) is 3.44. The normalized spacial score (nSPS) is 17.4. The Labute approximate surface area is 157 Å². The first-order valence-corrected chi connectivity index (χ1v) is 9.87. The van der Waals surface area contributed by atoms with Crippen molar-refractivity contribution in [3.8, 4) is 17.1 Å². The molecular formula is C21H21N3OS. The summed E-state index contributed by atoms with van der Waals surface area (Å²) in [7, 11) is 0. The number of thioether (sulfide) groups is 1. The lowest BCUT2D eigenvalue weighted by Gasteiger charge is -2.20. The molecule has 26 heavy (non-hydrogen) atoms. The van der Waals surface area contributed by atoms with Crippen molar-refractivity contribution in [3.05, 3.63) is 60.2 Å². The van der Waals surface area contributed by atoms with E-state index in [1.165, 1.54) is 5.56 Å². The Morgan fingerprint density at radius 1 is 1.00 bits per heavy atom. The highest BCUT2D eigenvalue weighted by molar-refractivity contribution is 8.00. The highest BCUT2D eigenvalue weighted by Gasteiger charge is 2.26. The van der Waals surface area contributed by atoms with Crippen LogP contribution in [0.25, 0.3) is 17.1 Å². The number of carbonyl (C=O) groups excluding carboxylic acids is 1. The predicted molar refractivity (Wildman–Crippen MR) is 105 cm³/mol. The maximum atomic E-state index is 12.3. The number of ketones is 1. The molecule has 132 valence electrons. The molecule has 4 rings (SSSR count). The van der Waals surface area contributed by atoms with Gasteiger partial charge in [-0.25, -0.2) is 0 Å². The van der Waals surface area contributed by atoms with Gasteiger partial charge >= 0.3 is 0 Å². The van der Waals surface area contributed by atoms with Gasteiger partial charge < -0.3 is 0 Å². The van der Waals surface area contributed by atoms with Gasteiger partial charge in [0.1, 0.15) is 5.78 Å². The molecule has 0 amide bonds. The van der Waals surface area contributed by atoms with Gasteiger partial charge in [0.15, 0.2) is 11.0 Å². The Morgan fingerprint density at radius 2 is 1.77 bits per heavy atom. The number of nitrogens with zero attached hydrogens (tertiary/aromatic N) is 3. The van der Waals surface area contributed by atoms with Gasteiger partial charge in [-0.05, 0) is 31.9 Å². The van der Waals surface area contributed by atoms with Gasteiger partial charge in [0.25, 0.3) is 0 Å². The quantitative estimate of drug-likeness (QED) is 0.665. The van der Waals surface area contributed by atoms with Crippen molar-refractivity contribution in [3.63, 3.8) is 0 Å². The number of hydrogen-bond donors (Lipinski definition) is 0. The van der Waals surface area contributed by atoms with E-state index in [-0.39, 0.29) is 5.25 Å². The van der Waals surface area contributed by atoms with Crippen LogP contribution in [0.15, 0.2) is 59.8 Å². The summed E-state index contributed by atoms with van der Waals surface area (Å²) in [5.74, 6) is 1.14. The van der Waals surface area contributed by atoms with Gasteiger partial charge in [-0.2, -0.15) is 0 Å². The maximum Gasteiger partial charge on any atom is 0.196 e. The van der Waals surface area contributed by atoms with Crippen LogP contribution in [0.2, 0.25) is 0 Å². The number of Topliss-reactive ketones (excluding diaryl/α,β-unsaturated/α-hetero) is 1. The summed E-state index contributed by atoms with van der Waals surface area (Å²) in [5.41, 5.74) is 3.24. The van der Waals surface area contributed by atoms with E-state index in [2.05, 4.69) is 46.0 Å². The molecule has 5 heteroatoms.